The van der Waals surface area contributed by atoms with Crippen molar-refractivity contribution in [2.24, 2.45) is 4.36 Å². The molecule has 0 fully saturated rings. The number of carbonyl (C=O) groups excluding carboxylic acids is 2. The summed E-state index contributed by atoms with van der Waals surface area (Å²) in [7, 11) is -4.17. The Hall–Kier alpha value is -4.37. The molecule has 0 aromatic heterocycles. The molecule has 1 N–H and O–H groups in total. The first-order valence-electron chi connectivity index (χ1n) is 10.2. The predicted molar refractivity (Wildman–Crippen MR) is 121 cm³/mol. The monoisotopic (exact) mass is 555 g/mol. The molecule has 1 aliphatic heterocycles. The zero-order valence-corrected chi connectivity index (χ0v) is 20.1. The molecule has 0 aliphatic carbocycles. The maximum absolute atomic E-state index is 13.2. The predicted octanol–water partition coefficient (Wildman–Crippen LogP) is 5.54. The molecule has 2 aromatic rings. The van der Waals surface area contributed by atoms with Crippen molar-refractivity contribution in [1.82, 2.24) is 5.32 Å². The Labute approximate surface area is 212 Å². The number of amides is 3. The van der Waals surface area contributed by atoms with E-state index in [-0.39, 0.29) is 28.2 Å². The molecule has 38 heavy (non-hydrogen) atoms. The van der Waals surface area contributed by atoms with Gasteiger partial charge in [0.2, 0.25) is 5.70 Å². The summed E-state index contributed by atoms with van der Waals surface area (Å²) in [6.07, 6.45) is -9.43. The van der Waals surface area contributed by atoms with Crippen LogP contribution in [0.1, 0.15) is 29.7 Å². The van der Waals surface area contributed by atoms with Crippen LogP contribution in [-0.2, 0) is 20.7 Å². The van der Waals surface area contributed by atoms with Crippen LogP contribution in [0.5, 0.6) is 0 Å². The normalized spacial score (nSPS) is 17.7. The highest BCUT2D eigenvalue weighted by molar-refractivity contribution is 7.93. The molecule has 3 rings (SSSR count). The van der Waals surface area contributed by atoms with E-state index < -0.39 is 50.5 Å². The van der Waals surface area contributed by atoms with Crippen LogP contribution in [0.4, 0.5) is 36.8 Å². The lowest BCUT2D eigenvalue weighted by molar-refractivity contribution is -0.169. The van der Waals surface area contributed by atoms with Gasteiger partial charge in [0.05, 0.1) is 44.4 Å². The second-order valence-electron chi connectivity index (χ2n) is 7.91. The topological polar surface area (TPSA) is 107 Å². The van der Waals surface area contributed by atoms with E-state index in [0.29, 0.717) is 6.07 Å². The number of anilines is 1. The summed E-state index contributed by atoms with van der Waals surface area (Å²) in [6, 6.07) is 6.25. The fraction of sp³-hybridized carbons (Fsp3) is 0.217. The minimum absolute atomic E-state index is 0.116. The van der Waals surface area contributed by atoms with Gasteiger partial charge in [-0.3, -0.25) is 9.69 Å². The Kier molecular flexibility index (Phi) is 7.30. The Morgan fingerprint density at radius 2 is 1.84 bits per heavy atom. The summed E-state index contributed by atoms with van der Waals surface area (Å²) in [5, 5.41) is 11.6. The number of nitriles is 1. The van der Waals surface area contributed by atoms with E-state index in [9.17, 15) is 45.4 Å². The van der Waals surface area contributed by atoms with E-state index in [4.69, 9.17) is 6.57 Å². The van der Waals surface area contributed by atoms with Crippen molar-refractivity contribution in [1.29, 1.82) is 5.26 Å². The van der Waals surface area contributed by atoms with Gasteiger partial charge in [-0.2, -0.15) is 31.6 Å². The average molecular weight is 555 g/mol. The Morgan fingerprint density at radius 3 is 2.39 bits per heavy atom. The Balaban J connectivity index is 2.23. The van der Waals surface area contributed by atoms with Gasteiger partial charge >= 0.3 is 24.3 Å². The maximum atomic E-state index is 13.2. The molecule has 15 heteroatoms. The number of nitrogens with zero attached hydrogens (tertiary/aromatic N) is 4. The molecule has 8 nitrogen and oxygen atoms in total. The molecule has 198 valence electrons. The van der Waals surface area contributed by atoms with Crippen LogP contribution in [-0.4, -0.2) is 28.6 Å². The van der Waals surface area contributed by atoms with Crippen molar-refractivity contribution in [3.63, 3.8) is 0 Å². The first-order valence-corrected chi connectivity index (χ1v) is 12.2. The van der Waals surface area contributed by atoms with Gasteiger partial charge in [0.15, 0.2) is 0 Å². The standard InChI is InChI=1S/C23H15F6N5O3S/c1-12-18(31-2)19(32-21(36)34(12)15-6-4-5-14(10-15)22(24,25)26)16-8-7-13(11-30)9-17(16)38(3,37)33-20(35)23(27,28)29/h4-10,19H,1,3H3,(H,32,36)/t19-,38-/m1/s1. The molecule has 0 unspecified atom stereocenters. The highest BCUT2D eigenvalue weighted by Crippen LogP contribution is 2.39. The van der Waals surface area contributed by atoms with Crippen LogP contribution < -0.4 is 10.2 Å². The lowest BCUT2D eigenvalue weighted by Gasteiger charge is -2.35. The summed E-state index contributed by atoms with van der Waals surface area (Å²) in [5.74, 6) is -2.64. The number of hydrogen-bond acceptors (Lipinski definition) is 4. The molecule has 0 bridgehead atoms. The minimum atomic E-state index is -5.44. The summed E-state index contributed by atoms with van der Waals surface area (Å²) >= 11 is 0. The van der Waals surface area contributed by atoms with Gasteiger partial charge in [0, 0.05) is 17.6 Å². The number of rotatable bonds is 3. The third-order valence-electron chi connectivity index (χ3n) is 5.36. The second kappa shape index (κ2) is 9.83. The molecule has 0 radical (unpaired) electrons. The van der Waals surface area contributed by atoms with E-state index in [1.165, 1.54) is 19.1 Å². The summed E-state index contributed by atoms with van der Waals surface area (Å²) in [6.45, 7) is 8.89. The number of benzene rings is 2. The van der Waals surface area contributed by atoms with Gasteiger partial charge in [-0.15, -0.1) is 4.36 Å². The largest absolute Gasteiger partial charge is 0.474 e. The van der Waals surface area contributed by atoms with Crippen molar-refractivity contribution >= 4 is 27.4 Å². The molecule has 2 atom stereocenters. The van der Waals surface area contributed by atoms with E-state index in [2.05, 4.69) is 14.5 Å². The van der Waals surface area contributed by atoms with Gasteiger partial charge in [0.25, 0.3) is 0 Å². The van der Waals surface area contributed by atoms with E-state index in [1.54, 1.807) is 6.07 Å². The second-order valence-corrected chi connectivity index (χ2v) is 10.1. The third-order valence-corrected chi connectivity index (χ3v) is 7.05. The average Bonchev–Trinajstić information content (AvgIpc) is 2.82. The minimum Gasteiger partial charge on any atom is -0.335 e. The summed E-state index contributed by atoms with van der Waals surface area (Å²) in [4.78, 5) is 28.2. The van der Waals surface area contributed by atoms with Crippen molar-refractivity contribution < 1.29 is 40.1 Å². The molecular weight excluding hydrogens is 540 g/mol. The molecule has 0 spiro atoms. The molecule has 3 amide bonds. The quantitative estimate of drug-likeness (QED) is 0.396. The van der Waals surface area contributed by atoms with Crippen molar-refractivity contribution in [3.05, 3.63) is 82.0 Å². The first kappa shape index (κ1) is 28.2. The number of carbonyl (C=O) groups is 2. The Bertz CT molecular complexity index is 1570. The summed E-state index contributed by atoms with van der Waals surface area (Å²) in [5.41, 5.74) is -2.03. The van der Waals surface area contributed by atoms with Crippen LogP contribution in [0, 0.1) is 17.9 Å². The van der Waals surface area contributed by atoms with Crippen molar-refractivity contribution in [2.45, 2.75) is 30.2 Å². The number of halogens is 6. The SMILES string of the molecule is [C-]#[N+]C1=C(C)N(c2cccc(C(F)(F)F)c2)C(=O)N[C@@H]1c1ccc(C#N)cc1[S@@](C)(=O)=NC(=O)C(F)(F)F. The zero-order valence-electron chi connectivity index (χ0n) is 19.3. The van der Waals surface area contributed by atoms with Crippen LogP contribution >= 0.6 is 0 Å². The number of alkyl halides is 6. The zero-order chi connectivity index (χ0) is 28.6. The van der Waals surface area contributed by atoms with E-state index >= 15 is 0 Å². The Morgan fingerprint density at radius 1 is 1.18 bits per heavy atom. The number of hydrogen-bond donors (Lipinski definition) is 1. The van der Waals surface area contributed by atoms with Gasteiger partial charge in [-0.25, -0.2) is 13.8 Å². The van der Waals surface area contributed by atoms with Gasteiger partial charge < -0.3 is 5.32 Å². The fourth-order valence-corrected chi connectivity index (χ4v) is 5.15. The third kappa shape index (κ3) is 5.47. The smallest absolute Gasteiger partial charge is 0.335 e. The van der Waals surface area contributed by atoms with Gasteiger partial charge in [-0.05, 0) is 42.8 Å². The molecular formula is C23H15F6N5O3S. The lowest BCUT2D eigenvalue weighted by atomic mass is 9.99. The van der Waals surface area contributed by atoms with Crippen LogP contribution in [0.15, 0.2) is 63.1 Å². The molecule has 1 aliphatic rings. The van der Waals surface area contributed by atoms with E-state index in [0.717, 1.165) is 35.4 Å². The van der Waals surface area contributed by atoms with Crippen molar-refractivity contribution in [3.8, 4) is 6.07 Å². The van der Waals surface area contributed by atoms with Crippen LogP contribution in [0.25, 0.3) is 4.85 Å². The molecule has 0 saturated carbocycles. The fourth-order valence-electron chi connectivity index (χ4n) is 3.66. The summed E-state index contributed by atoms with van der Waals surface area (Å²) < 4.78 is 94.1. The molecule has 2 aromatic carbocycles. The molecule has 0 saturated heterocycles. The van der Waals surface area contributed by atoms with Crippen LogP contribution in [0.3, 0.4) is 0 Å². The highest BCUT2D eigenvalue weighted by atomic mass is 32.2. The van der Waals surface area contributed by atoms with Crippen LogP contribution in [0.2, 0.25) is 0 Å². The maximum Gasteiger partial charge on any atom is 0.474 e. The number of urea groups is 1. The number of nitrogens with one attached hydrogen (secondary N) is 1. The van der Waals surface area contributed by atoms with Gasteiger partial charge in [-0.1, -0.05) is 12.1 Å². The first-order chi connectivity index (χ1) is 17.5. The lowest BCUT2D eigenvalue weighted by Crippen LogP contribution is -2.46. The van der Waals surface area contributed by atoms with Gasteiger partial charge in [0.1, 0.15) is 0 Å². The highest BCUT2D eigenvalue weighted by Gasteiger charge is 2.41. The molecule has 1 heterocycles. The number of allylic oxidation sites excluding steroid dienone is 1. The van der Waals surface area contributed by atoms with Crippen molar-refractivity contribution in [2.75, 3.05) is 11.2 Å². The van der Waals surface area contributed by atoms with E-state index in [1.807, 2.05) is 0 Å².